The van der Waals surface area contributed by atoms with Crippen molar-refractivity contribution in [3.8, 4) is 0 Å². The van der Waals surface area contributed by atoms with Gasteiger partial charge in [-0.1, -0.05) is 6.42 Å². The number of halogens is 1. The first kappa shape index (κ1) is 15.0. The molecule has 3 heterocycles. The normalized spacial score (nSPS) is 25.4. The lowest BCUT2D eigenvalue weighted by Crippen LogP contribution is -2.40. The number of piperidine rings is 1. The zero-order valence-corrected chi connectivity index (χ0v) is 12.9. The van der Waals surface area contributed by atoms with Gasteiger partial charge in [0.05, 0.1) is 0 Å². The zero-order valence-electron chi connectivity index (χ0n) is 11.3. The molecule has 6 heteroatoms. The Bertz CT molecular complexity index is 392. The van der Waals surface area contributed by atoms with Crippen LogP contribution in [0.1, 0.15) is 30.6 Å². The quantitative estimate of drug-likeness (QED) is 0.930. The SMILES string of the molecule is Cl.Nc1ncc(CN2CCC(N3CCCCC3)C2)s1. The molecule has 19 heavy (non-hydrogen) atoms. The van der Waals surface area contributed by atoms with Gasteiger partial charge in [-0.05, 0) is 32.4 Å². The Kier molecular flexibility index (Phi) is 5.45. The molecule has 1 aromatic rings. The summed E-state index contributed by atoms with van der Waals surface area (Å²) in [6.45, 7) is 6.09. The van der Waals surface area contributed by atoms with E-state index in [1.54, 1.807) is 11.3 Å². The molecule has 2 fully saturated rings. The van der Waals surface area contributed by atoms with Crippen LogP contribution in [0.4, 0.5) is 5.13 Å². The minimum Gasteiger partial charge on any atom is -0.375 e. The molecule has 0 radical (unpaired) electrons. The van der Waals surface area contributed by atoms with Crippen molar-refractivity contribution >= 4 is 28.9 Å². The minimum atomic E-state index is 0. The van der Waals surface area contributed by atoms with E-state index >= 15 is 0 Å². The molecular weight excluding hydrogens is 280 g/mol. The average molecular weight is 303 g/mol. The van der Waals surface area contributed by atoms with Gasteiger partial charge in [-0.3, -0.25) is 9.80 Å². The molecule has 1 atom stereocenters. The summed E-state index contributed by atoms with van der Waals surface area (Å²) in [7, 11) is 0. The Morgan fingerprint density at radius 1 is 1.26 bits per heavy atom. The second-order valence-corrected chi connectivity index (χ2v) is 6.59. The highest BCUT2D eigenvalue weighted by atomic mass is 35.5. The van der Waals surface area contributed by atoms with E-state index in [4.69, 9.17) is 5.73 Å². The van der Waals surface area contributed by atoms with E-state index in [0.29, 0.717) is 5.13 Å². The molecule has 0 spiro atoms. The van der Waals surface area contributed by atoms with Crippen molar-refractivity contribution in [2.75, 3.05) is 31.9 Å². The lowest BCUT2D eigenvalue weighted by atomic mass is 10.1. The predicted molar refractivity (Wildman–Crippen MR) is 82.9 cm³/mol. The summed E-state index contributed by atoms with van der Waals surface area (Å²) in [6, 6.07) is 0.788. The molecule has 2 saturated heterocycles. The van der Waals surface area contributed by atoms with E-state index in [9.17, 15) is 0 Å². The first-order valence-corrected chi connectivity index (χ1v) is 7.79. The highest BCUT2D eigenvalue weighted by Gasteiger charge is 2.28. The van der Waals surface area contributed by atoms with E-state index in [0.717, 1.165) is 12.6 Å². The van der Waals surface area contributed by atoms with Crippen molar-refractivity contribution in [1.29, 1.82) is 0 Å². The summed E-state index contributed by atoms with van der Waals surface area (Å²) in [6.07, 6.45) is 7.46. The van der Waals surface area contributed by atoms with Crippen LogP contribution in [0.15, 0.2) is 6.20 Å². The number of rotatable bonds is 3. The van der Waals surface area contributed by atoms with Crippen LogP contribution >= 0.6 is 23.7 Å². The van der Waals surface area contributed by atoms with Crippen LogP contribution in [0.2, 0.25) is 0 Å². The van der Waals surface area contributed by atoms with E-state index in [2.05, 4.69) is 14.8 Å². The fourth-order valence-electron chi connectivity index (χ4n) is 3.15. The molecular formula is C13H23ClN4S. The van der Waals surface area contributed by atoms with E-state index in [-0.39, 0.29) is 12.4 Å². The maximum Gasteiger partial charge on any atom is 0.180 e. The van der Waals surface area contributed by atoms with Gasteiger partial charge >= 0.3 is 0 Å². The monoisotopic (exact) mass is 302 g/mol. The van der Waals surface area contributed by atoms with E-state index in [1.165, 1.54) is 56.7 Å². The van der Waals surface area contributed by atoms with Gasteiger partial charge < -0.3 is 5.73 Å². The third kappa shape index (κ3) is 3.81. The number of hydrogen-bond acceptors (Lipinski definition) is 5. The van der Waals surface area contributed by atoms with Crippen molar-refractivity contribution < 1.29 is 0 Å². The minimum absolute atomic E-state index is 0. The smallest absolute Gasteiger partial charge is 0.180 e. The molecule has 4 nitrogen and oxygen atoms in total. The highest BCUT2D eigenvalue weighted by molar-refractivity contribution is 7.15. The Morgan fingerprint density at radius 3 is 2.74 bits per heavy atom. The van der Waals surface area contributed by atoms with Gasteiger partial charge in [0, 0.05) is 36.8 Å². The average Bonchev–Trinajstić information content (AvgIpc) is 3.01. The topological polar surface area (TPSA) is 45.4 Å². The second-order valence-electron chi connectivity index (χ2n) is 5.44. The molecule has 0 amide bonds. The largest absolute Gasteiger partial charge is 0.375 e. The van der Waals surface area contributed by atoms with Gasteiger partial charge in [-0.25, -0.2) is 4.98 Å². The number of nitrogens with two attached hydrogens (primary N) is 1. The Labute approximate surface area is 125 Å². The summed E-state index contributed by atoms with van der Waals surface area (Å²) in [5, 5.41) is 0.691. The number of nitrogens with zero attached hydrogens (tertiary/aromatic N) is 3. The van der Waals surface area contributed by atoms with Crippen LogP contribution in [-0.4, -0.2) is 47.0 Å². The van der Waals surface area contributed by atoms with Crippen molar-refractivity contribution in [2.24, 2.45) is 0 Å². The molecule has 0 aliphatic carbocycles. The molecule has 1 unspecified atom stereocenters. The summed E-state index contributed by atoms with van der Waals surface area (Å²) in [5.74, 6) is 0. The molecule has 1 aromatic heterocycles. The second kappa shape index (κ2) is 6.88. The molecule has 3 rings (SSSR count). The van der Waals surface area contributed by atoms with Gasteiger partial charge in [0.1, 0.15) is 0 Å². The fourth-order valence-corrected chi connectivity index (χ4v) is 3.88. The van der Waals surface area contributed by atoms with Crippen LogP contribution in [0.3, 0.4) is 0 Å². The lowest BCUT2D eigenvalue weighted by Gasteiger charge is -2.32. The Morgan fingerprint density at radius 2 is 2.05 bits per heavy atom. The molecule has 0 bridgehead atoms. The van der Waals surface area contributed by atoms with Crippen LogP contribution in [-0.2, 0) is 6.54 Å². The lowest BCUT2D eigenvalue weighted by molar-refractivity contribution is 0.161. The van der Waals surface area contributed by atoms with Crippen molar-refractivity contribution in [3.63, 3.8) is 0 Å². The molecule has 2 N–H and O–H groups in total. The molecule has 108 valence electrons. The van der Waals surface area contributed by atoms with Crippen LogP contribution in [0, 0.1) is 0 Å². The molecule has 2 aliphatic rings. The maximum absolute atomic E-state index is 5.68. The number of hydrogen-bond donors (Lipinski definition) is 1. The van der Waals surface area contributed by atoms with Gasteiger partial charge in [0.2, 0.25) is 0 Å². The summed E-state index contributed by atoms with van der Waals surface area (Å²) in [4.78, 5) is 10.7. The third-order valence-electron chi connectivity index (χ3n) is 4.11. The number of anilines is 1. The highest BCUT2D eigenvalue weighted by Crippen LogP contribution is 2.23. The number of aromatic nitrogens is 1. The standard InChI is InChI=1S/C13H22N4S.ClH/c14-13-15-8-12(18-13)10-16-7-4-11(9-16)17-5-2-1-3-6-17;/h8,11H,1-7,9-10H2,(H2,14,15);1H. The Balaban J connectivity index is 0.00000133. The maximum atomic E-state index is 5.68. The van der Waals surface area contributed by atoms with Crippen molar-refractivity contribution in [2.45, 2.75) is 38.3 Å². The van der Waals surface area contributed by atoms with Crippen LogP contribution in [0.25, 0.3) is 0 Å². The van der Waals surface area contributed by atoms with Crippen LogP contribution in [0.5, 0.6) is 0 Å². The van der Waals surface area contributed by atoms with Gasteiger partial charge in [0.15, 0.2) is 5.13 Å². The van der Waals surface area contributed by atoms with Gasteiger partial charge in [-0.2, -0.15) is 0 Å². The van der Waals surface area contributed by atoms with Crippen molar-refractivity contribution in [1.82, 2.24) is 14.8 Å². The Hall–Kier alpha value is -0.360. The van der Waals surface area contributed by atoms with Crippen molar-refractivity contribution in [3.05, 3.63) is 11.1 Å². The molecule has 0 aromatic carbocycles. The fraction of sp³-hybridized carbons (Fsp3) is 0.769. The number of likely N-dealkylation sites (tertiary alicyclic amines) is 2. The van der Waals surface area contributed by atoms with Crippen LogP contribution < -0.4 is 5.73 Å². The van der Waals surface area contributed by atoms with Gasteiger partial charge in [0.25, 0.3) is 0 Å². The van der Waals surface area contributed by atoms with E-state index < -0.39 is 0 Å². The molecule has 0 saturated carbocycles. The first-order valence-electron chi connectivity index (χ1n) is 6.98. The summed E-state index contributed by atoms with van der Waals surface area (Å²) in [5.41, 5.74) is 5.68. The van der Waals surface area contributed by atoms with E-state index in [1.807, 2.05) is 6.20 Å². The zero-order chi connectivity index (χ0) is 12.4. The third-order valence-corrected chi connectivity index (χ3v) is 4.92. The summed E-state index contributed by atoms with van der Waals surface area (Å²) < 4.78 is 0. The summed E-state index contributed by atoms with van der Waals surface area (Å²) >= 11 is 1.62. The van der Waals surface area contributed by atoms with Gasteiger partial charge in [-0.15, -0.1) is 23.7 Å². The predicted octanol–water partition coefficient (Wildman–Crippen LogP) is 2.21. The molecule has 2 aliphatic heterocycles. The number of thiazole rings is 1. The number of nitrogen functional groups attached to an aromatic ring is 1. The first-order chi connectivity index (χ1) is 8.81.